The Kier molecular flexibility index (Phi) is 5.03. The molecule has 1 aliphatic rings. The molecule has 0 bridgehead atoms. The normalized spacial score (nSPS) is 18.5. The van der Waals surface area contributed by atoms with Gasteiger partial charge in [-0.05, 0) is 5.56 Å². The number of carbonyl (C=O) groups excluding carboxylic acids is 1. The van der Waals surface area contributed by atoms with E-state index in [0.29, 0.717) is 25.2 Å². The first-order valence-electron chi connectivity index (χ1n) is 6.46. The van der Waals surface area contributed by atoms with E-state index in [1.807, 2.05) is 0 Å². The second-order valence-corrected chi connectivity index (χ2v) is 4.63. The summed E-state index contributed by atoms with van der Waals surface area (Å²) in [4.78, 5) is 22.0. The number of hydrogen-bond acceptors (Lipinski definition) is 5. The van der Waals surface area contributed by atoms with Crippen molar-refractivity contribution in [2.45, 2.75) is 19.0 Å². The first kappa shape index (κ1) is 14.4. The van der Waals surface area contributed by atoms with Crippen LogP contribution in [0.25, 0.3) is 0 Å². The van der Waals surface area contributed by atoms with Gasteiger partial charge in [-0.1, -0.05) is 12.1 Å². The average Bonchev–Trinajstić information content (AvgIpc) is 2.46. The predicted octanol–water partition coefficient (Wildman–Crippen LogP) is 0.590. The summed E-state index contributed by atoms with van der Waals surface area (Å²) in [6, 6.07) is 6.27. The smallest absolute Gasteiger partial charge is 0.269 e. The van der Waals surface area contributed by atoms with Crippen LogP contribution >= 0.6 is 0 Å². The van der Waals surface area contributed by atoms with Crippen molar-refractivity contribution in [1.29, 1.82) is 0 Å². The van der Waals surface area contributed by atoms with Crippen molar-refractivity contribution in [2.75, 3.05) is 19.8 Å². The second-order valence-electron chi connectivity index (χ2n) is 4.63. The monoisotopic (exact) mass is 279 g/mol. The number of rotatable bonds is 5. The minimum atomic E-state index is -0.450. The van der Waals surface area contributed by atoms with Crippen molar-refractivity contribution in [1.82, 2.24) is 10.6 Å². The van der Waals surface area contributed by atoms with Gasteiger partial charge in [-0.25, -0.2) is 0 Å². The minimum absolute atomic E-state index is 0.0269. The molecule has 0 saturated carbocycles. The number of amides is 1. The van der Waals surface area contributed by atoms with Crippen molar-refractivity contribution in [2.24, 2.45) is 0 Å². The molecule has 1 heterocycles. The summed E-state index contributed by atoms with van der Waals surface area (Å²) >= 11 is 0. The predicted molar refractivity (Wildman–Crippen MR) is 72.2 cm³/mol. The number of hydrogen-bond donors (Lipinski definition) is 2. The number of ether oxygens (including phenoxy) is 1. The van der Waals surface area contributed by atoms with E-state index in [2.05, 4.69) is 10.6 Å². The van der Waals surface area contributed by atoms with Gasteiger partial charge in [0.1, 0.15) is 0 Å². The van der Waals surface area contributed by atoms with E-state index in [1.165, 1.54) is 12.1 Å². The lowest BCUT2D eigenvalue weighted by atomic mass is 10.1. The lowest BCUT2D eigenvalue weighted by Crippen LogP contribution is -2.44. The summed E-state index contributed by atoms with van der Waals surface area (Å²) < 4.78 is 5.27. The third-order valence-corrected chi connectivity index (χ3v) is 3.04. The zero-order valence-corrected chi connectivity index (χ0v) is 11.0. The molecule has 2 N–H and O–H groups in total. The second kappa shape index (κ2) is 6.97. The van der Waals surface area contributed by atoms with E-state index in [-0.39, 0.29) is 24.2 Å². The molecule has 1 atom stereocenters. The molecule has 2 rings (SSSR count). The fourth-order valence-electron chi connectivity index (χ4n) is 2.03. The number of carbonyl (C=O) groups is 1. The largest absolute Gasteiger partial charge is 0.378 e. The molecular weight excluding hydrogens is 262 g/mol. The van der Waals surface area contributed by atoms with Crippen molar-refractivity contribution in [3.8, 4) is 0 Å². The first-order chi connectivity index (χ1) is 9.65. The Morgan fingerprint density at radius 2 is 2.40 bits per heavy atom. The van der Waals surface area contributed by atoms with Gasteiger partial charge in [-0.3, -0.25) is 14.9 Å². The Hall–Kier alpha value is -1.99. The third kappa shape index (κ3) is 4.29. The van der Waals surface area contributed by atoms with E-state index in [1.54, 1.807) is 12.1 Å². The first-order valence-corrected chi connectivity index (χ1v) is 6.46. The Bertz CT molecular complexity index is 486. The van der Waals surface area contributed by atoms with Gasteiger partial charge in [0, 0.05) is 37.7 Å². The summed E-state index contributed by atoms with van der Waals surface area (Å²) in [6.07, 6.45) is 0.342. The third-order valence-electron chi connectivity index (χ3n) is 3.04. The molecule has 7 heteroatoms. The van der Waals surface area contributed by atoms with Gasteiger partial charge < -0.3 is 15.4 Å². The highest BCUT2D eigenvalue weighted by molar-refractivity contribution is 5.76. The van der Waals surface area contributed by atoms with Gasteiger partial charge in [0.25, 0.3) is 5.69 Å². The average molecular weight is 279 g/mol. The quantitative estimate of drug-likeness (QED) is 0.607. The number of benzene rings is 1. The molecular formula is C13H17N3O4. The molecule has 1 aromatic carbocycles. The lowest BCUT2D eigenvalue weighted by Gasteiger charge is -2.23. The van der Waals surface area contributed by atoms with E-state index in [9.17, 15) is 14.9 Å². The highest BCUT2D eigenvalue weighted by atomic mass is 16.6. The number of nitro groups is 1. The van der Waals surface area contributed by atoms with E-state index in [4.69, 9.17) is 4.74 Å². The molecule has 1 saturated heterocycles. The summed E-state index contributed by atoms with van der Waals surface area (Å²) in [5, 5.41) is 16.6. The van der Waals surface area contributed by atoms with Crippen molar-refractivity contribution in [3.05, 3.63) is 39.9 Å². The minimum Gasteiger partial charge on any atom is -0.378 e. The fraction of sp³-hybridized carbons (Fsp3) is 0.462. The Morgan fingerprint density at radius 3 is 3.10 bits per heavy atom. The summed E-state index contributed by atoms with van der Waals surface area (Å²) in [5.74, 6) is -0.0977. The standard InChI is InChI=1S/C13H17N3O4/c17-13(7-11-9-20-5-4-14-11)15-8-10-2-1-3-12(6-10)16(18)19/h1-3,6,11,14H,4-5,7-9H2,(H,15,17). The van der Waals surface area contributed by atoms with Crippen LogP contribution in [0.3, 0.4) is 0 Å². The van der Waals surface area contributed by atoms with Gasteiger partial charge in [0.15, 0.2) is 0 Å². The molecule has 1 amide bonds. The van der Waals surface area contributed by atoms with Crippen molar-refractivity contribution < 1.29 is 14.5 Å². The van der Waals surface area contributed by atoms with Crippen LogP contribution in [0.1, 0.15) is 12.0 Å². The molecule has 108 valence electrons. The fourth-order valence-corrected chi connectivity index (χ4v) is 2.03. The number of nitro benzene ring substituents is 1. The zero-order valence-electron chi connectivity index (χ0n) is 11.0. The highest BCUT2D eigenvalue weighted by Crippen LogP contribution is 2.12. The molecule has 0 aliphatic carbocycles. The summed E-state index contributed by atoms with van der Waals surface area (Å²) in [5.41, 5.74) is 0.736. The maximum Gasteiger partial charge on any atom is 0.269 e. The van der Waals surface area contributed by atoms with Gasteiger partial charge in [0.05, 0.1) is 18.1 Å². The molecule has 1 fully saturated rings. The maximum absolute atomic E-state index is 11.8. The van der Waals surface area contributed by atoms with Gasteiger partial charge in [0.2, 0.25) is 5.91 Å². The number of nitrogens with zero attached hydrogens (tertiary/aromatic N) is 1. The molecule has 20 heavy (non-hydrogen) atoms. The van der Waals surface area contributed by atoms with Gasteiger partial charge in [-0.15, -0.1) is 0 Å². The topological polar surface area (TPSA) is 93.5 Å². The van der Waals surface area contributed by atoms with E-state index in [0.717, 1.165) is 6.54 Å². The van der Waals surface area contributed by atoms with Gasteiger partial charge in [-0.2, -0.15) is 0 Å². The Labute approximate surface area is 116 Å². The van der Waals surface area contributed by atoms with E-state index < -0.39 is 4.92 Å². The van der Waals surface area contributed by atoms with Crippen LogP contribution in [0.15, 0.2) is 24.3 Å². The van der Waals surface area contributed by atoms with Crippen LogP contribution in [0, 0.1) is 10.1 Å². The van der Waals surface area contributed by atoms with Crippen LogP contribution in [-0.4, -0.2) is 36.6 Å². The molecule has 0 spiro atoms. The van der Waals surface area contributed by atoms with Crippen LogP contribution in [0.4, 0.5) is 5.69 Å². The van der Waals surface area contributed by atoms with Crippen LogP contribution in [-0.2, 0) is 16.1 Å². The van der Waals surface area contributed by atoms with Crippen LogP contribution < -0.4 is 10.6 Å². The Balaban J connectivity index is 1.80. The molecule has 7 nitrogen and oxygen atoms in total. The molecule has 1 aliphatic heterocycles. The van der Waals surface area contributed by atoms with Crippen molar-refractivity contribution in [3.63, 3.8) is 0 Å². The number of morpholine rings is 1. The molecule has 0 aromatic heterocycles. The van der Waals surface area contributed by atoms with Crippen LogP contribution in [0.5, 0.6) is 0 Å². The Morgan fingerprint density at radius 1 is 1.55 bits per heavy atom. The van der Waals surface area contributed by atoms with E-state index >= 15 is 0 Å². The molecule has 1 unspecified atom stereocenters. The molecule has 0 radical (unpaired) electrons. The summed E-state index contributed by atoms with van der Waals surface area (Å²) in [7, 11) is 0. The van der Waals surface area contributed by atoms with Crippen LogP contribution in [0.2, 0.25) is 0 Å². The van der Waals surface area contributed by atoms with Gasteiger partial charge >= 0.3 is 0 Å². The lowest BCUT2D eigenvalue weighted by molar-refractivity contribution is -0.384. The number of non-ortho nitro benzene ring substituents is 1. The summed E-state index contributed by atoms with van der Waals surface area (Å²) in [6.45, 7) is 2.24. The zero-order chi connectivity index (χ0) is 14.4. The number of nitrogens with one attached hydrogen (secondary N) is 2. The highest BCUT2D eigenvalue weighted by Gasteiger charge is 2.16. The molecule has 1 aromatic rings. The maximum atomic E-state index is 11.8. The SMILES string of the molecule is O=C(CC1COCCN1)NCc1cccc([N+](=O)[O-])c1. The van der Waals surface area contributed by atoms with Crippen molar-refractivity contribution >= 4 is 11.6 Å².